The van der Waals surface area contributed by atoms with Crippen molar-refractivity contribution in [2.24, 2.45) is 5.84 Å². The summed E-state index contributed by atoms with van der Waals surface area (Å²) in [5.74, 6) is 5.39. The molecule has 0 fully saturated rings. The van der Waals surface area contributed by atoms with Crippen LogP contribution in [0.5, 0.6) is 0 Å². The van der Waals surface area contributed by atoms with Crippen molar-refractivity contribution in [3.63, 3.8) is 0 Å². The van der Waals surface area contributed by atoms with Gasteiger partial charge in [0.25, 0.3) is 0 Å². The second kappa shape index (κ2) is 7.53. The Bertz CT molecular complexity index is 545. The standard InChI is InChI=1S/C16H18BrFN2/c17-16-9-7-14(18)10-13(16)11-15(20-19)8-6-12-4-2-1-3-5-12/h1-5,7,9-10,15,20H,6,8,11,19H2. The van der Waals surface area contributed by atoms with E-state index < -0.39 is 0 Å². The summed E-state index contributed by atoms with van der Waals surface area (Å²) in [6.07, 6.45) is 2.55. The second-order valence-corrected chi connectivity index (χ2v) is 5.68. The summed E-state index contributed by atoms with van der Waals surface area (Å²) < 4.78 is 14.2. The fourth-order valence-electron chi connectivity index (χ4n) is 2.20. The van der Waals surface area contributed by atoms with Crippen molar-refractivity contribution in [1.82, 2.24) is 5.43 Å². The number of hydrogen-bond acceptors (Lipinski definition) is 2. The van der Waals surface area contributed by atoms with Crippen LogP contribution in [0.1, 0.15) is 17.5 Å². The Morgan fingerprint density at radius 1 is 1.15 bits per heavy atom. The average molecular weight is 337 g/mol. The van der Waals surface area contributed by atoms with Crippen molar-refractivity contribution in [2.45, 2.75) is 25.3 Å². The number of halogens is 2. The Labute approximate surface area is 127 Å². The van der Waals surface area contributed by atoms with Crippen molar-refractivity contribution in [3.8, 4) is 0 Å². The number of aryl methyl sites for hydroxylation is 1. The topological polar surface area (TPSA) is 38.0 Å². The quantitative estimate of drug-likeness (QED) is 0.624. The molecule has 0 saturated carbocycles. The highest BCUT2D eigenvalue weighted by Crippen LogP contribution is 2.20. The zero-order valence-electron chi connectivity index (χ0n) is 11.2. The summed E-state index contributed by atoms with van der Waals surface area (Å²) in [4.78, 5) is 0. The van der Waals surface area contributed by atoms with Crippen LogP contribution in [-0.2, 0) is 12.8 Å². The van der Waals surface area contributed by atoms with E-state index in [2.05, 4.69) is 33.5 Å². The third-order valence-corrected chi connectivity index (χ3v) is 4.11. The van der Waals surface area contributed by atoms with Gasteiger partial charge in [-0.15, -0.1) is 0 Å². The van der Waals surface area contributed by atoms with Crippen LogP contribution >= 0.6 is 15.9 Å². The maximum absolute atomic E-state index is 13.3. The van der Waals surface area contributed by atoms with E-state index in [9.17, 15) is 4.39 Å². The third-order valence-electron chi connectivity index (χ3n) is 3.33. The SMILES string of the molecule is NNC(CCc1ccccc1)Cc1cc(F)ccc1Br. The van der Waals surface area contributed by atoms with E-state index in [0.29, 0.717) is 6.42 Å². The molecule has 2 aromatic rings. The Morgan fingerprint density at radius 2 is 1.90 bits per heavy atom. The maximum atomic E-state index is 13.3. The van der Waals surface area contributed by atoms with Crippen LogP contribution in [0.3, 0.4) is 0 Å². The van der Waals surface area contributed by atoms with E-state index in [1.807, 2.05) is 18.2 Å². The first-order chi connectivity index (χ1) is 9.69. The highest BCUT2D eigenvalue weighted by Gasteiger charge is 2.11. The Morgan fingerprint density at radius 3 is 2.60 bits per heavy atom. The number of hydrogen-bond donors (Lipinski definition) is 2. The van der Waals surface area contributed by atoms with Gasteiger partial charge in [0.2, 0.25) is 0 Å². The summed E-state index contributed by atoms with van der Waals surface area (Å²) in [6.45, 7) is 0. The molecule has 0 aliphatic rings. The van der Waals surface area contributed by atoms with Crippen LogP contribution in [-0.4, -0.2) is 6.04 Å². The summed E-state index contributed by atoms with van der Waals surface area (Å²) in [7, 11) is 0. The number of benzene rings is 2. The third kappa shape index (κ3) is 4.40. The maximum Gasteiger partial charge on any atom is 0.123 e. The van der Waals surface area contributed by atoms with Crippen LogP contribution in [0.25, 0.3) is 0 Å². The van der Waals surface area contributed by atoms with Crippen molar-refractivity contribution in [1.29, 1.82) is 0 Å². The van der Waals surface area contributed by atoms with E-state index in [1.165, 1.54) is 11.6 Å². The van der Waals surface area contributed by atoms with E-state index in [0.717, 1.165) is 22.9 Å². The van der Waals surface area contributed by atoms with Gasteiger partial charge in [-0.05, 0) is 48.6 Å². The molecule has 106 valence electrons. The molecule has 2 aromatic carbocycles. The van der Waals surface area contributed by atoms with E-state index in [-0.39, 0.29) is 11.9 Å². The first-order valence-corrected chi connectivity index (χ1v) is 7.42. The van der Waals surface area contributed by atoms with Crippen LogP contribution in [0.2, 0.25) is 0 Å². The van der Waals surface area contributed by atoms with Crippen molar-refractivity contribution < 1.29 is 4.39 Å². The van der Waals surface area contributed by atoms with Crippen molar-refractivity contribution in [2.75, 3.05) is 0 Å². The summed E-state index contributed by atoms with van der Waals surface area (Å²) in [6, 6.07) is 15.1. The van der Waals surface area contributed by atoms with Crippen LogP contribution in [0, 0.1) is 5.82 Å². The fraction of sp³-hybridized carbons (Fsp3) is 0.250. The molecule has 0 bridgehead atoms. The molecule has 20 heavy (non-hydrogen) atoms. The number of hydrazine groups is 1. The van der Waals surface area contributed by atoms with Gasteiger partial charge in [0.15, 0.2) is 0 Å². The number of nitrogens with one attached hydrogen (secondary N) is 1. The summed E-state index contributed by atoms with van der Waals surface area (Å²) >= 11 is 3.45. The van der Waals surface area contributed by atoms with Gasteiger partial charge in [-0.3, -0.25) is 11.3 Å². The largest absolute Gasteiger partial charge is 0.271 e. The predicted octanol–water partition coefficient (Wildman–Crippen LogP) is 3.60. The first kappa shape index (κ1) is 15.2. The molecular formula is C16H18BrFN2. The molecule has 2 rings (SSSR count). The van der Waals surface area contributed by atoms with Crippen LogP contribution < -0.4 is 11.3 Å². The van der Waals surface area contributed by atoms with Gasteiger partial charge in [0.1, 0.15) is 5.82 Å². The van der Waals surface area contributed by atoms with Gasteiger partial charge in [0, 0.05) is 10.5 Å². The molecule has 0 heterocycles. The molecule has 0 aliphatic carbocycles. The van der Waals surface area contributed by atoms with Crippen LogP contribution in [0.15, 0.2) is 53.0 Å². The van der Waals surface area contributed by atoms with Crippen LogP contribution in [0.4, 0.5) is 4.39 Å². The second-order valence-electron chi connectivity index (χ2n) is 4.83. The van der Waals surface area contributed by atoms with E-state index in [1.54, 1.807) is 12.1 Å². The Balaban J connectivity index is 1.97. The van der Waals surface area contributed by atoms with Gasteiger partial charge >= 0.3 is 0 Å². The molecule has 2 nitrogen and oxygen atoms in total. The predicted molar refractivity (Wildman–Crippen MR) is 83.7 cm³/mol. The lowest BCUT2D eigenvalue weighted by Crippen LogP contribution is -2.37. The number of nitrogens with two attached hydrogens (primary N) is 1. The minimum absolute atomic E-state index is 0.119. The Kier molecular flexibility index (Phi) is 5.71. The molecule has 4 heteroatoms. The zero-order valence-corrected chi connectivity index (χ0v) is 12.7. The highest BCUT2D eigenvalue weighted by atomic mass is 79.9. The minimum atomic E-state index is -0.220. The molecule has 3 N–H and O–H groups in total. The minimum Gasteiger partial charge on any atom is -0.271 e. The van der Waals surface area contributed by atoms with Gasteiger partial charge in [-0.1, -0.05) is 46.3 Å². The first-order valence-electron chi connectivity index (χ1n) is 6.63. The average Bonchev–Trinajstić information content (AvgIpc) is 2.48. The van der Waals surface area contributed by atoms with E-state index >= 15 is 0 Å². The van der Waals surface area contributed by atoms with E-state index in [4.69, 9.17) is 5.84 Å². The lowest BCUT2D eigenvalue weighted by atomic mass is 9.99. The smallest absolute Gasteiger partial charge is 0.123 e. The lowest BCUT2D eigenvalue weighted by Gasteiger charge is -2.17. The lowest BCUT2D eigenvalue weighted by molar-refractivity contribution is 0.489. The van der Waals surface area contributed by atoms with Gasteiger partial charge < -0.3 is 0 Å². The van der Waals surface area contributed by atoms with Crippen molar-refractivity contribution in [3.05, 3.63) is 69.9 Å². The molecule has 0 saturated heterocycles. The molecule has 0 aromatic heterocycles. The molecule has 0 radical (unpaired) electrons. The highest BCUT2D eigenvalue weighted by molar-refractivity contribution is 9.10. The molecule has 0 aliphatic heterocycles. The molecule has 0 amide bonds. The van der Waals surface area contributed by atoms with Gasteiger partial charge in [-0.25, -0.2) is 4.39 Å². The normalized spacial score (nSPS) is 12.3. The summed E-state index contributed by atoms with van der Waals surface area (Å²) in [5, 5.41) is 0. The number of rotatable bonds is 6. The van der Waals surface area contributed by atoms with Gasteiger partial charge in [0.05, 0.1) is 0 Å². The summed E-state index contributed by atoms with van der Waals surface area (Å²) in [5.41, 5.74) is 5.04. The monoisotopic (exact) mass is 336 g/mol. The Hall–Kier alpha value is -1.23. The van der Waals surface area contributed by atoms with Gasteiger partial charge in [-0.2, -0.15) is 0 Å². The molecule has 1 atom stereocenters. The molecule has 0 spiro atoms. The van der Waals surface area contributed by atoms with Crippen molar-refractivity contribution >= 4 is 15.9 Å². The molecular weight excluding hydrogens is 319 g/mol. The zero-order chi connectivity index (χ0) is 14.4. The fourth-order valence-corrected chi connectivity index (χ4v) is 2.60. The molecule has 1 unspecified atom stereocenters.